The minimum absolute atomic E-state index is 0.354. The van der Waals surface area contributed by atoms with Crippen molar-refractivity contribution in [2.45, 2.75) is 13.8 Å². The number of methoxy groups -OCH3 is 3. The lowest BCUT2D eigenvalue weighted by Gasteiger charge is -2.15. The lowest BCUT2D eigenvalue weighted by Crippen LogP contribution is -2.32. The van der Waals surface area contributed by atoms with Crippen molar-refractivity contribution in [3.8, 4) is 23.0 Å². The van der Waals surface area contributed by atoms with Gasteiger partial charge >= 0.3 is 6.03 Å². The van der Waals surface area contributed by atoms with Crippen molar-refractivity contribution in [2.75, 3.05) is 39.8 Å². The monoisotopic (exact) mass is 374 g/mol. The third-order valence-electron chi connectivity index (χ3n) is 4.06. The normalized spacial score (nSPS) is 10.1. The van der Waals surface area contributed by atoms with Crippen LogP contribution in [0.4, 0.5) is 10.5 Å². The molecular formula is C20H26N2O5. The molecule has 0 radical (unpaired) electrons. The van der Waals surface area contributed by atoms with E-state index in [1.807, 2.05) is 32.0 Å². The summed E-state index contributed by atoms with van der Waals surface area (Å²) >= 11 is 0. The Labute approximate surface area is 159 Å². The number of hydrogen-bond acceptors (Lipinski definition) is 5. The summed E-state index contributed by atoms with van der Waals surface area (Å²) in [5, 5.41) is 5.48. The molecule has 0 fully saturated rings. The number of urea groups is 1. The van der Waals surface area contributed by atoms with Crippen molar-refractivity contribution in [1.29, 1.82) is 0 Å². The van der Waals surface area contributed by atoms with Crippen LogP contribution in [0.15, 0.2) is 30.3 Å². The zero-order valence-electron chi connectivity index (χ0n) is 16.3. The van der Waals surface area contributed by atoms with Crippen molar-refractivity contribution in [3.05, 3.63) is 41.5 Å². The Balaban J connectivity index is 1.87. The number of carbonyl (C=O) groups is 1. The van der Waals surface area contributed by atoms with Crippen LogP contribution in [-0.2, 0) is 0 Å². The summed E-state index contributed by atoms with van der Waals surface area (Å²) in [6.45, 7) is 4.81. The Morgan fingerprint density at radius 1 is 0.926 bits per heavy atom. The Morgan fingerprint density at radius 3 is 2.15 bits per heavy atom. The molecule has 0 aromatic heterocycles. The molecule has 0 aliphatic heterocycles. The van der Waals surface area contributed by atoms with E-state index in [0.717, 1.165) is 5.75 Å². The molecule has 0 atom stereocenters. The molecular weight excluding hydrogens is 348 g/mol. The van der Waals surface area contributed by atoms with Crippen molar-refractivity contribution in [1.82, 2.24) is 5.32 Å². The van der Waals surface area contributed by atoms with Crippen LogP contribution in [0.2, 0.25) is 0 Å². The number of ether oxygens (including phenoxy) is 4. The van der Waals surface area contributed by atoms with E-state index in [9.17, 15) is 4.79 Å². The highest BCUT2D eigenvalue weighted by Crippen LogP contribution is 2.39. The fourth-order valence-corrected chi connectivity index (χ4v) is 2.47. The maximum absolute atomic E-state index is 12.1. The molecule has 2 aromatic rings. The van der Waals surface area contributed by atoms with Crippen LogP contribution in [0.25, 0.3) is 0 Å². The fourth-order valence-electron chi connectivity index (χ4n) is 2.47. The molecule has 2 amide bonds. The Kier molecular flexibility index (Phi) is 7.16. The SMILES string of the molecule is COc1cc(NC(=O)NCCOc2ccc(C)c(C)c2)cc(OC)c1OC. The predicted molar refractivity (Wildman–Crippen MR) is 105 cm³/mol. The van der Waals surface area contributed by atoms with Crippen LogP contribution in [0.5, 0.6) is 23.0 Å². The molecule has 27 heavy (non-hydrogen) atoms. The minimum atomic E-state index is -0.354. The average molecular weight is 374 g/mol. The molecule has 2 aromatic carbocycles. The summed E-state index contributed by atoms with van der Waals surface area (Å²) in [7, 11) is 4.56. The standard InChI is InChI=1S/C20H26N2O5/c1-13-6-7-16(10-14(13)2)27-9-8-21-20(23)22-15-11-17(24-3)19(26-5)18(12-15)25-4/h6-7,10-12H,8-9H2,1-5H3,(H2,21,22,23). The van der Waals surface area contributed by atoms with Crippen LogP contribution in [0, 0.1) is 13.8 Å². The highest BCUT2D eigenvalue weighted by molar-refractivity contribution is 5.90. The number of rotatable bonds is 8. The lowest BCUT2D eigenvalue weighted by molar-refractivity contribution is 0.247. The second-order valence-electron chi connectivity index (χ2n) is 5.89. The van der Waals surface area contributed by atoms with Gasteiger partial charge in [-0.2, -0.15) is 0 Å². The first kappa shape index (κ1) is 20.2. The van der Waals surface area contributed by atoms with Gasteiger partial charge in [0.25, 0.3) is 0 Å². The molecule has 0 heterocycles. The van der Waals surface area contributed by atoms with Crippen molar-refractivity contribution < 1.29 is 23.7 Å². The van der Waals surface area contributed by atoms with Crippen LogP contribution >= 0.6 is 0 Å². The largest absolute Gasteiger partial charge is 0.493 e. The first-order valence-corrected chi connectivity index (χ1v) is 8.53. The van der Waals surface area contributed by atoms with E-state index in [1.165, 1.54) is 32.5 Å². The van der Waals surface area contributed by atoms with Gasteiger partial charge in [0, 0.05) is 12.1 Å². The quantitative estimate of drug-likeness (QED) is 0.691. The van der Waals surface area contributed by atoms with Crippen molar-refractivity contribution in [3.63, 3.8) is 0 Å². The van der Waals surface area contributed by atoms with E-state index in [2.05, 4.69) is 10.6 Å². The van der Waals surface area contributed by atoms with Gasteiger partial charge in [-0.1, -0.05) is 6.07 Å². The highest BCUT2D eigenvalue weighted by atomic mass is 16.5. The maximum Gasteiger partial charge on any atom is 0.319 e. The molecule has 0 spiro atoms. The maximum atomic E-state index is 12.1. The number of aryl methyl sites for hydroxylation is 2. The van der Waals surface area contributed by atoms with Crippen molar-refractivity contribution >= 4 is 11.7 Å². The van der Waals surface area contributed by atoms with E-state index in [4.69, 9.17) is 18.9 Å². The molecule has 146 valence electrons. The van der Waals surface area contributed by atoms with Crippen LogP contribution in [-0.4, -0.2) is 40.5 Å². The van der Waals surface area contributed by atoms with E-state index in [1.54, 1.807) is 12.1 Å². The van der Waals surface area contributed by atoms with Crippen molar-refractivity contribution in [2.24, 2.45) is 0 Å². The molecule has 0 saturated carbocycles. The topological polar surface area (TPSA) is 78.1 Å². The van der Waals surface area contributed by atoms with Gasteiger partial charge in [-0.25, -0.2) is 4.79 Å². The van der Waals surface area contributed by atoms with Gasteiger partial charge in [0.1, 0.15) is 12.4 Å². The van der Waals surface area contributed by atoms with Gasteiger partial charge in [-0.3, -0.25) is 0 Å². The number of carbonyl (C=O) groups excluding carboxylic acids is 1. The second-order valence-corrected chi connectivity index (χ2v) is 5.89. The summed E-state index contributed by atoms with van der Waals surface area (Å²) < 4.78 is 21.4. The zero-order valence-corrected chi connectivity index (χ0v) is 16.3. The molecule has 7 nitrogen and oxygen atoms in total. The molecule has 0 unspecified atom stereocenters. The van der Waals surface area contributed by atoms with Crippen LogP contribution in [0.1, 0.15) is 11.1 Å². The number of hydrogen-bond donors (Lipinski definition) is 2. The summed E-state index contributed by atoms with van der Waals surface area (Å²) in [5.41, 5.74) is 2.91. The van der Waals surface area contributed by atoms with E-state index < -0.39 is 0 Å². The molecule has 0 aliphatic carbocycles. The second kappa shape index (κ2) is 9.56. The molecule has 0 bridgehead atoms. The van der Waals surface area contributed by atoms with E-state index in [0.29, 0.717) is 36.1 Å². The Hall–Kier alpha value is -3.09. The smallest absolute Gasteiger partial charge is 0.319 e. The molecule has 2 rings (SSSR count). The summed E-state index contributed by atoms with van der Waals surface area (Å²) in [5.74, 6) is 2.17. The summed E-state index contributed by atoms with van der Waals surface area (Å²) in [6, 6.07) is 8.87. The van der Waals surface area contributed by atoms with E-state index >= 15 is 0 Å². The molecule has 7 heteroatoms. The first-order chi connectivity index (χ1) is 13.0. The lowest BCUT2D eigenvalue weighted by atomic mass is 10.1. The number of anilines is 1. The van der Waals surface area contributed by atoms with Gasteiger partial charge in [0.15, 0.2) is 11.5 Å². The molecule has 2 N–H and O–H groups in total. The van der Waals surface area contributed by atoms with Crippen LogP contribution < -0.4 is 29.6 Å². The predicted octanol–water partition coefficient (Wildman–Crippen LogP) is 3.53. The average Bonchev–Trinajstić information content (AvgIpc) is 2.67. The first-order valence-electron chi connectivity index (χ1n) is 8.53. The van der Waals surface area contributed by atoms with Gasteiger partial charge in [-0.15, -0.1) is 0 Å². The minimum Gasteiger partial charge on any atom is -0.493 e. The Morgan fingerprint density at radius 2 is 1.59 bits per heavy atom. The zero-order chi connectivity index (χ0) is 19.8. The van der Waals surface area contributed by atoms with Gasteiger partial charge in [-0.05, 0) is 37.1 Å². The highest BCUT2D eigenvalue weighted by Gasteiger charge is 2.14. The number of benzene rings is 2. The summed E-state index contributed by atoms with van der Waals surface area (Å²) in [6.07, 6.45) is 0. The third kappa shape index (κ3) is 5.44. The molecule has 0 aliphatic rings. The van der Waals surface area contributed by atoms with Gasteiger partial charge in [0.05, 0.1) is 33.6 Å². The third-order valence-corrected chi connectivity index (χ3v) is 4.06. The Bertz CT molecular complexity index is 767. The number of nitrogens with one attached hydrogen (secondary N) is 2. The summed E-state index contributed by atoms with van der Waals surface area (Å²) in [4.78, 5) is 12.1. The van der Waals surface area contributed by atoms with Crippen LogP contribution in [0.3, 0.4) is 0 Å². The number of amides is 2. The van der Waals surface area contributed by atoms with E-state index in [-0.39, 0.29) is 6.03 Å². The van der Waals surface area contributed by atoms with Gasteiger partial charge in [0.2, 0.25) is 5.75 Å². The fraction of sp³-hybridized carbons (Fsp3) is 0.350. The van der Waals surface area contributed by atoms with Gasteiger partial charge < -0.3 is 29.6 Å². The molecule has 0 saturated heterocycles.